The molecule has 0 aromatic heterocycles. The Balaban J connectivity index is 1.98. The summed E-state index contributed by atoms with van der Waals surface area (Å²) in [5.74, 6) is 0.893. The van der Waals surface area contributed by atoms with Gasteiger partial charge in [0.15, 0.2) is 0 Å². The van der Waals surface area contributed by atoms with Crippen molar-refractivity contribution in [1.29, 1.82) is 0 Å². The Morgan fingerprint density at radius 3 is 2.92 bits per heavy atom. The summed E-state index contributed by atoms with van der Waals surface area (Å²) in [6.45, 7) is 1.97. The van der Waals surface area contributed by atoms with E-state index in [1.54, 1.807) is 11.1 Å². The molecule has 1 fully saturated rings. The van der Waals surface area contributed by atoms with Gasteiger partial charge in [-0.25, -0.2) is 5.32 Å². The monoisotopic (exact) mass is 172 g/mol. The van der Waals surface area contributed by atoms with E-state index in [4.69, 9.17) is 0 Å². The maximum atomic E-state index is 4.41. The van der Waals surface area contributed by atoms with Crippen LogP contribution >= 0.6 is 0 Å². The topological polar surface area (TPSA) is 14.1 Å². The molecule has 1 aliphatic carbocycles. The predicted molar refractivity (Wildman–Crippen MR) is 52.8 cm³/mol. The quantitative estimate of drug-likeness (QED) is 0.616. The highest BCUT2D eigenvalue weighted by molar-refractivity contribution is 5.36. The van der Waals surface area contributed by atoms with Gasteiger partial charge in [-0.15, -0.1) is 0 Å². The Hall–Kier alpha value is -0.820. The van der Waals surface area contributed by atoms with Gasteiger partial charge in [-0.1, -0.05) is 18.2 Å². The normalized spacial score (nSPS) is 21.2. The molecule has 1 heteroatoms. The maximum absolute atomic E-state index is 4.41. The Morgan fingerprint density at radius 1 is 1.15 bits per heavy atom. The van der Waals surface area contributed by atoms with Crippen LogP contribution in [0, 0.1) is 0 Å². The molecule has 0 amide bonds. The van der Waals surface area contributed by atoms with Gasteiger partial charge < -0.3 is 0 Å². The molecular formula is C12H14N. The highest BCUT2D eigenvalue weighted by Crippen LogP contribution is 2.40. The highest BCUT2D eigenvalue weighted by atomic mass is 14.9. The van der Waals surface area contributed by atoms with Gasteiger partial charge in [-0.05, 0) is 41.9 Å². The lowest BCUT2D eigenvalue weighted by Gasteiger charge is -2.16. The largest absolute Gasteiger partial charge is 0.237 e. The lowest BCUT2D eigenvalue weighted by molar-refractivity contribution is 0.629. The SMILES string of the molecule is c1cc2c(cc1C1CC1)CC[N]C2. The van der Waals surface area contributed by atoms with Crippen LogP contribution in [-0.4, -0.2) is 6.54 Å². The van der Waals surface area contributed by atoms with E-state index in [0.717, 1.165) is 25.4 Å². The first-order chi connectivity index (χ1) is 6.43. The summed E-state index contributed by atoms with van der Waals surface area (Å²) in [5, 5.41) is 4.41. The maximum Gasteiger partial charge on any atom is 0.0387 e. The molecular weight excluding hydrogens is 158 g/mol. The van der Waals surface area contributed by atoms with Gasteiger partial charge in [0, 0.05) is 13.1 Å². The zero-order valence-electron chi connectivity index (χ0n) is 7.79. The minimum absolute atomic E-state index is 0.893. The van der Waals surface area contributed by atoms with Gasteiger partial charge in [-0.3, -0.25) is 0 Å². The Labute approximate surface area is 79.2 Å². The molecule has 0 bridgehead atoms. The van der Waals surface area contributed by atoms with Crippen molar-refractivity contribution in [1.82, 2.24) is 5.32 Å². The molecule has 0 unspecified atom stereocenters. The van der Waals surface area contributed by atoms with Crippen LogP contribution in [-0.2, 0) is 13.0 Å². The first-order valence-electron chi connectivity index (χ1n) is 5.18. The van der Waals surface area contributed by atoms with E-state index < -0.39 is 0 Å². The molecule has 13 heavy (non-hydrogen) atoms. The molecule has 1 heterocycles. The van der Waals surface area contributed by atoms with Crippen molar-refractivity contribution < 1.29 is 0 Å². The molecule has 1 nitrogen and oxygen atoms in total. The lowest BCUT2D eigenvalue weighted by Crippen LogP contribution is -2.17. The summed E-state index contributed by atoms with van der Waals surface area (Å²) < 4.78 is 0. The van der Waals surface area contributed by atoms with Crippen LogP contribution in [0.1, 0.15) is 35.4 Å². The first kappa shape index (κ1) is 7.57. The van der Waals surface area contributed by atoms with E-state index in [-0.39, 0.29) is 0 Å². The van der Waals surface area contributed by atoms with Crippen LogP contribution < -0.4 is 5.32 Å². The predicted octanol–water partition coefficient (Wildman–Crippen LogP) is 2.22. The fraction of sp³-hybridized carbons (Fsp3) is 0.500. The summed E-state index contributed by atoms with van der Waals surface area (Å²) in [4.78, 5) is 0. The van der Waals surface area contributed by atoms with Crippen LogP contribution in [0.15, 0.2) is 18.2 Å². The third-order valence-electron chi connectivity index (χ3n) is 3.10. The number of nitrogens with zero attached hydrogens (tertiary/aromatic N) is 1. The van der Waals surface area contributed by atoms with Gasteiger partial charge in [0.1, 0.15) is 0 Å². The van der Waals surface area contributed by atoms with Crippen molar-refractivity contribution in [2.45, 2.75) is 31.7 Å². The lowest BCUT2D eigenvalue weighted by atomic mass is 9.97. The number of fused-ring (bicyclic) bond motifs is 1. The van der Waals surface area contributed by atoms with Gasteiger partial charge in [0.05, 0.1) is 0 Å². The summed E-state index contributed by atoms with van der Waals surface area (Å²) in [6.07, 6.45) is 3.97. The van der Waals surface area contributed by atoms with Gasteiger partial charge in [0.2, 0.25) is 0 Å². The summed E-state index contributed by atoms with van der Waals surface area (Å²) in [5.41, 5.74) is 4.58. The average Bonchev–Trinajstić information content (AvgIpc) is 3.00. The van der Waals surface area contributed by atoms with E-state index in [1.165, 1.54) is 18.4 Å². The van der Waals surface area contributed by atoms with Crippen LogP contribution in [0.2, 0.25) is 0 Å². The molecule has 1 aliphatic heterocycles. The van der Waals surface area contributed by atoms with Gasteiger partial charge in [0.25, 0.3) is 0 Å². The van der Waals surface area contributed by atoms with E-state index in [0.29, 0.717) is 0 Å². The van der Waals surface area contributed by atoms with Crippen molar-refractivity contribution in [3.8, 4) is 0 Å². The minimum Gasteiger partial charge on any atom is -0.237 e. The Bertz CT molecular complexity index is 326. The van der Waals surface area contributed by atoms with Gasteiger partial charge in [-0.2, -0.15) is 0 Å². The number of benzene rings is 1. The molecule has 67 valence electrons. The van der Waals surface area contributed by atoms with E-state index in [9.17, 15) is 0 Å². The molecule has 2 aliphatic rings. The zero-order valence-corrected chi connectivity index (χ0v) is 7.79. The molecule has 0 atom stereocenters. The number of hydrogen-bond acceptors (Lipinski definition) is 0. The molecule has 0 spiro atoms. The second-order valence-electron chi connectivity index (χ2n) is 4.16. The van der Waals surface area contributed by atoms with Gasteiger partial charge >= 0.3 is 0 Å². The molecule has 0 N–H and O–H groups in total. The van der Waals surface area contributed by atoms with Crippen molar-refractivity contribution in [3.05, 3.63) is 34.9 Å². The van der Waals surface area contributed by atoms with Crippen molar-refractivity contribution in [2.24, 2.45) is 0 Å². The van der Waals surface area contributed by atoms with Crippen LogP contribution in [0.3, 0.4) is 0 Å². The second-order valence-corrected chi connectivity index (χ2v) is 4.16. The minimum atomic E-state index is 0.893. The number of hydrogen-bond donors (Lipinski definition) is 0. The second kappa shape index (κ2) is 2.85. The smallest absolute Gasteiger partial charge is 0.0387 e. The van der Waals surface area contributed by atoms with Crippen molar-refractivity contribution in [2.75, 3.05) is 6.54 Å². The Kier molecular flexibility index (Phi) is 1.66. The average molecular weight is 172 g/mol. The van der Waals surface area contributed by atoms with E-state index in [2.05, 4.69) is 23.5 Å². The molecule has 0 saturated heterocycles. The van der Waals surface area contributed by atoms with Crippen LogP contribution in [0.5, 0.6) is 0 Å². The number of rotatable bonds is 1. The molecule has 1 aromatic carbocycles. The standard InChI is InChI=1S/C12H14N/c1-2-9(1)10-3-4-12-8-13-6-5-11(12)7-10/h3-4,7,9H,1-2,5-6,8H2. The fourth-order valence-corrected chi connectivity index (χ4v) is 2.10. The third kappa shape index (κ3) is 1.37. The first-order valence-corrected chi connectivity index (χ1v) is 5.18. The summed E-state index contributed by atoms with van der Waals surface area (Å²) in [6, 6.07) is 7.00. The third-order valence-corrected chi connectivity index (χ3v) is 3.10. The Morgan fingerprint density at radius 2 is 2.08 bits per heavy atom. The van der Waals surface area contributed by atoms with E-state index >= 15 is 0 Å². The van der Waals surface area contributed by atoms with Crippen molar-refractivity contribution in [3.63, 3.8) is 0 Å². The zero-order chi connectivity index (χ0) is 8.67. The summed E-state index contributed by atoms with van der Waals surface area (Å²) in [7, 11) is 0. The molecule has 1 radical (unpaired) electrons. The molecule has 1 saturated carbocycles. The van der Waals surface area contributed by atoms with E-state index in [1.807, 2.05) is 0 Å². The highest BCUT2D eigenvalue weighted by Gasteiger charge is 2.24. The fourth-order valence-electron chi connectivity index (χ4n) is 2.10. The summed E-state index contributed by atoms with van der Waals surface area (Å²) >= 11 is 0. The van der Waals surface area contributed by atoms with Crippen LogP contribution in [0.25, 0.3) is 0 Å². The molecule has 3 rings (SSSR count). The molecule has 1 aromatic rings. The van der Waals surface area contributed by atoms with Crippen LogP contribution in [0.4, 0.5) is 0 Å². The van der Waals surface area contributed by atoms with Crippen molar-refractivity contribution >= 4 is 0 Å².